The van der Waals surface area contributed by atoms with Gasteiger partial charge >= 0.3 is 0 Å². The molecular weight excluding hydrogens is 303 g/mol. The second kappa shape index (κ2) is 7.92. The van der Waals surface area contributed by atoms with E-state index >= 15 is 0 Å². The molecule has 0 saturated heterocycles. The van der Waals surface area contributed by atoms with Crippen LogP contribution in [0.15, 0.2) is 48.5 Å². The van der Waals surface area contributed by atoms with E-state index in [4.69, 9.17) is 11.6 Å². The molecule has 0 aliphatic heterocycles. The minimum Gasteiger partial charge on any atom is -0.322 e. The molecule has 0 atom stereocenters. The summed E-state index contributed by atoms with van der Waals surface area (Å²) in [6.45, 7) is 3.40. The number of hydrogen-bond acceptors (Lipinski definition) is 2. The molecule has 0 spiro atoms. The number of carbonyl (C=O) groups excluding carboxylic acids is 1. The molecular formula is C17H18ClFN2O. The van der Waals surface area contributed by atoms with Crippen molar-refractivity contribution < 1.29 is 9.18 Å². The van der Waals surface area contributed by atoms with Crippen molar-refractivity contribution in [2.45, 2.75) is 13.5 Å². The Morgan fingerprint density at radius 1 is 1.18 bits per heavy atom. The number of rotatable bonds is 6. The molecule has 0 unspecified atom stereocenters. The number of benzene rings is 2. The highest BCUT2D eigenvalue weighted by Crippen LogP contribution is 2.17. The van der Waals surface area contributed by atoms with Crippen LogP contribution in [0.25, 0.3) is 0 Å². The van der Waals surface area contributed by atoms with Crippen molar-refractivity contribution in [2.24, 2.45) is 0 Å². The predicted octanol–water partition coefficient (Wildman–Crippen LogP) is 3.94. The van der Waals surface area contributed by atoms with Gasteiger partial charge in [0.05, 0.1) is 12.2 Å². The third kappa shape index (κ3) is 4.55. The van der Waals surface area contributed by atoms with Gasteiger partial charge < -0.3 is 5.32 Å². The fourth-order valence-corrected chi connectivity index (χ4v) is 2.30. The molecule has 0 aromatic heterocycles. The van der Waals surface area contributed by atoms with Crippen LogP contribution < -0.4 is 5.32 Å². The first-order valence-electron chi connectivity index (χ1n) is 7.10. The van der Waals surface area contributed by atoms with Crippen molar-refractivity contribution in [3.63, 3.8) is 0 Å². The molecule has 0 aliphatic rings. The zero-order valence-corrected chi connectivity index (χ0v) is 13.1. The summed E-state index contributed by atoms with van der Waals surface area (Å²) in [5.74, 6) is -0.691. The van der Waals surface area contributed by atoms with E-state index in [1.54, 1.807) is 12.1 Å². The van der Waals surface area contributed by atoms with Crippen LogP contribution in [0.1, 0.15) is 12.5 Å². The molecule has 5 heteroatoms. The maximum Gasteiger partial charge on any atom is 0.238 e. The quantitative estimate of drug-likeness (QED) is 0.874. The van der Waals surface area contributed by atoms with Crippen molar-refractivity contribution in [3.05, 3.63) is 64.9 Å². The third-order valence-electron chi connectivity index (χ3n) is 3.31. The topological polar surface area (TPSA) is 32.3 Å². The molecule has 2 rings (SSSR count). The maximum atomic E-state index is 13.5. The Morgan fingerprint density at radius 2 is 1.86 bits per heavy atom. The van der Waals surface area contributed by atoms with Gasteiger partial charge in [-0.2, -0.15) is 0 Å². The molecule has 0 radical (unpaired) electrons. The number of para-hydroxylation sites is 1. The molecule has 3 nitrogen and oxygen atoms in total. The second-order valence-electron chi connectivity index (χ2n) is 4.92. The lowest BCUT2D eigenvalue weighted by Gasteiger charge is -2.20. The second-order valence-corrected chi connectivity index (χ2v) is 5.33. The Hall–Kier alpha value is -1.91. The Labute approximate surface area is 134 Å². The molecule has 2 aromatic carbocycles. The van der Waals surface area contributed by atoms with Crippen LogP contribution in [0.5, 0.6) is 0 Å². The van der Waals surface area contributed by atoms with Crippen LogP contribution in [0.3, 0.4) is 0 Å². The average molecular weight is 321 g/mol. The van der Waals surface area contributed by atoms with Crippen LogP contribution in [-0.2, 0) is 11.3 Å². The Morgan fingerprint density at radius 3 is 2.55 bits per heavy atom. The minimum atomic E-state index is -0.440. The number of hydrogen-bond donors (Lipinski definition) is 1. The summed E-state index contributed by atoms with van der Waals surface area (Å²) >= 11 is 6.14. The van der Waals surface area contributed by atoms with Crippen molar-refractivity contribution in [3.8, 4) is 0 Å². The van der Waals surface area contributed by atoms with Gasteiger partial charge in [-0.25, -0.2) is 4.39 Å². The van der Waals surface area contributed by atoms with E-state index in [2.05, 4.69) is 5.32 Å². The van der Waals surface area contributed by atoms with Gasteiger partial charge in [0.1, 0.15) is 5.82 Å². The molecule has 22 heavy (non-hydrogen) atoms. The number of likely N-dealkylation sites (N-methyl/N-ethyl adjacent to an activating group) is 1. The standard InChI is InChI=1S/C17H18ClFN2O/c1-2-21(11-13-7-3-4-8-14(13)18)12-17(22)20-16-10-6-5-9-15(16)19/h3-10H,2,11-12H2,1H3,(H,20,22). The van der Waals surface area contributed by atoms with E-state index in [9.17, 15) is 9.18 Å². The first kappa shape index (κ1) is 16.5. The largest absolute Gasteiger partial charge is 0.322 e. The van der Waals surface area contributed by atoms with E-state index < -0.39 is 5.82 Å². The van der Waals surface area contributed by atoms with Crippen LogP contribution in [0.2, 0.25) is 5.02 Å². The molecule has 0 bridgehead atoms. The van der Waals surface area contributed by atoms with Crippen LogP contribution >= 0.6 is 11.6 Å². The van der Waals surface area contributed by atoms with E-state index in [-0.39, 0.29) is 18.1 Å². The summed E-state index contributed by atoms with van der Waals surface area (Å²) in [6.07, 6.45) is 0. The summed E-state index contributed by atoms with van der Waals surface area (Å²) in [5.41, 5.74) is 1.16. The van der Waals surface area contributed by atoms with Gasteiger partial charge in [0.2, 0.25) is 5.91 Å². The third-order valence-corrected chi connectivity index (χ3v) is 3.68. The highest BCUT2D eigenvalue weighted by atomic mass is 35.5. The Bertz CT molecular complexity index is 648. The number of amides is 1. The number of nitrogens with zero attached hydrogens (tertiary/aromatic N) is 1. The number of halogens is 2. The maximum absolute atomic E-state index is 13.5. The monoisotopic (exact) mass is 320 g/mol. The summed E-state index contributed by atoms with van der Waals surface area (Å²) in [6, 6.07) is 13.7. The smallest absolute Gasteiger partial charge is 0.238 e. The SMILES string of the molecule is CCN(CC(=O)Nc1ccccc1F)Cc1ccccc1Cl. The van der Waals surface area contributed by atoms with Crippen molar-refractivity contribution in [1.29, 1.82) is 0 Å². The zero-order valence-electron chi connectivity index (χ0n) is 12.4. The zero-order chi connectivity index (χ0) is 15.9. The summed E-state index contributed by atoms with van der Waals surface area (Å²) < 4.78 is 13.5. The van der Waals surface area contributed by atoms with E-state index in [0.29, 0.717) is 18.1 Å². The van der Waals surface area contributed by atoms with Crippen LogP contribution in [0.4, 0.5) is 10.1 Å². The lowest BCUT2D eigenvalue weighted by molar-refractivity contribution is -0.117. The Kier molecular flexibility index (Phi) is 5.92. The predicted molar refractivity (Wildman–Crippen MR) is 87.4 cm³/mol. The first-order valence-corrected chi connectivity index (χ1v) is 7.48. The Balaban J connectivity index is 1.97. The molecule has 116 valence electrons. The summed E-state index contributed by atoms with van der Waals surface area (Å²) in [5, 5.41) is 3.26. The first-order chi connectivity index (χ1) is 10.6. The lowest BCUT2D eigenvalue weighted by Crippen LogP contribution is -2.33. The van der Waals surface area contributed by atoms with Crippen molar-refractivity contribution >= 4 is 23.2 Å². The van der Waals surface area contributed by atoms with E-state index in [1.807, 2.05) is 36.1 Å². The van der Waals surface area contributed by atoms with Gasteiger partial charge in [-0.15, -0.1) is 0 Å². The van der Waals surface area contributed by atoms with Crippen molar-refractivity contribution in [2.75, 3.05) is 18.4 Å². The van der Waals surface area contributed by atoms with Gasteiger partial charge in [-0.1, -0.05) is 48.9 Å². The lowest BCUT2D eigenvalue weighted by atomic mass is 10.2. The van der Waals surface area contributed by atoms with Gasteiger partial charge in [0.15, 0.2) is 0 Å². The highest BCUT2D eigenvalue weighted by Gasteiger charge is 2.12. The van der Waals surface area contributed by atoms with Gasteiger partial charge in [0.25, 0.3) is 0 Å². The number of anilines is 1. The summed E-state index contributed by atoms with van der Waals surface area (Å²) in [4.78, 5) is 14.0. The van der Waals surface area contributed by atoms with Crippen LogP contribution in [-0.4, -0.2) is 23.9 Å². The van der Waals surface area contributed by atoms with Crippen molar-refractivity contribution in [1.82, 2.24) is 4.90 Å². The molecule has 1 amide bonds. The van der Waals surface area contributed by atoms with Gasteiger partial charge in [-0.3, -0.25) is 9.69 Å². The van der Waals surface area contributed by atoms with Crippen LogP contribution in [0, 0.1) is 5.82 Å². The minimum absolute atomic E-state index is 0.177. The molecule has 2 aromatic rings. The fraction of sp³-hybridized carbons (Fsp3) is 0.235. The molecule has 0 saturated carbocycles. The molecule has 0 aliphatic carbocycles. The summed E-state index contributed by atoms with van der Waals surface area (Å²) in [7, 11) is 0. The normalized spacial score (nSPS) is 10.7. The molecule has 1 N–H and O–H groups in total. The number of carbonyl (C=O) groups is 1. The molecule has 0 heterocycles. The number of nitrogens with one attached hydrogen (secondary N) is 1. The van der Waals surface area contributed by atoms with E-state index in [1.165, 1.54) is 12.1 Å². The van der Waals surface area contributed by atoms with Gasteiger partial charge in [0, 0.05) is 11.6 Å². The molecule has 0 fully saturated rings. The highest BCUT2D eigenvalue weighted by molar-refractivity contribution is 6.31. The van der Waals surface area contributed by atoms with Gasteiger partial charge in [-0.05, 0) is 30.3 Å². The van der Waals surface area contributed by atoms with E-state index in [0.717, 1.165) is 5.56 Å². The average Bonchev–Trinajstić information content (AvgIpc) is 2.51. The fourth-order valence-electron chi connectivity index (χ4n) is 2.10.